The van der Waals surface area contributed by atoms with Gasteiger partial charge in [0.1, 0.15) is 11.5 Å². The number of carboxylic acids is 1. The molecule has 0 unspecified atom stereocenters. The minimum absolute atomic E-state index is 0.244. The van der Waals surface area contributed by atoms with Gasteiger partial charge in [-0.1, -0.05) is 12.1 Å². The monoisotopic (exact) mass is 346 g/mol. The summed E-state index contributed by atoms with van der Waals surface area (Å²) in [4.78, 5) is 11.5. The van der Waals surface area contributed by atoms with Gasteiger partial charge in [0, 0.05) is 6.26 Å². The molecule has 0 aliphatic heterocycles. The Bertz CT molecular complexity index is 847. The van der Waals surface area contributed by atoms with E-state index in [1.807, 2.05) is 12.1 Å². The smallest absolute Gasteiger partial charge is 0.309 e. The lowest BCUT2D eigenvalue weighted by molar-refractivity contribution is -0.143. The Morgan fingerprint density at radius 2 is 1.54 bits per heavy atom. The molecule has 1 N–H and O–H groups in total. The maximum Gasteiger partial charge on any atom is 0.309 e. The van der Waals surface area contributed by atoms with E-state index in [2.05, 4.69) is 0 Å². The maximum absolute atomic E-state index is 11.4. The number of carboxylic acid groups (broad SMARTS) is 1. The zero-order chi connectivity index (χ0) is 17.4. The number of aliphatic carboxylic acids is 1. The molecule has 0 saturated heterocycles. The molecule has 1 aliphatic rings. The Labute approximate surface area is 140 Å². The third-order valence-electron chi connectivity index (χ3n) is 4.26. The Morgan fingerprint density at radius 1 is 1.04 bits per heavy atom. The average molecular weight is 346 g/mol. The lowest BCUT2D eigenvalue weighted by atomic mass is 9.97. The van der Waals surface area contributed by atoms with Gasteiger partial charge in [-0.2, -0.15) is 0 Å². The summed E-state index contributed by atoms with van der Waals surface area (Å²) in [7, 11) is -3.22. The fraction of sp³-hybridized carbons (Fsp3) is 0.278. The van der Waals surface area contributed by atoms with E-state index in [4.69, 9.17) is 4.74 Å². The lowest BCUT2D eigenvalue weighted by Gasteiger charge is -2.11. The average Bonchev–Trinajstić information content (AvgIpc) is 3.30. The molecule has 5 nitrogen and oxygen atoms in total. The molecule has 0 radical (unpaired) electrons. The van der Waals surface area contributed by atoms with Crippen molar-refractivity contribution in [1.82, 2.24) is 0 Å². The molecular formula is C18H18O5S. The van der Waals surface area contributed by atoms with Gasteiger partial charge in [-0.15, -0.1) is 0 Å². The molecule has 2 aromatic carbocycles. The van der Waals surface area contributed by atoms with E-state index in [0.717, 1.165) is 24.7 Å². The molecule has 0 bridgehead atoms. The van der Waals surface area contributed by atoms with Crippen LogP contribution in [0.3, 0.4) is 0 Å². The summed E-state index contributed by atoms with van der Waals surface area (Å²) in [5, 5.41) is 9.23. The van der Waals surface area contributed by atoms with E-state index in [-0.39, 0.29) is 4.90 Å². The first-order valence-corrected chi connectivity index (χ1v) is 9.48. The van der Waals surface area contributed by atoms with Crippen LogP contribution in [0, 0.1) is 5.41 Å². The Kier molecular flexibility index (Phi) is 4.09. The molecule has 1 aliphatic carbocycles. The molecule has 126 valence electrons. The molecule has 1 saturated carbocycles. The van der Waals surface area contributed by atoms with E-state index in [0.29, 0.717) is 17.9 Å². The number of benzene rings is 2. The second-order valence-electron chi connectivity index (χ2n) is 6.25. The number of rotatable bonds is 6. The summed E-state index contributed by atoms with van der Waals surface area (Å²) in [5.41, 5.74) is 0.388. The van der Waals surface area contributed by atoms with Crippen LogP contribution in [0.5, 0.6) is 11.5 Å². The minimum atomic E-state index is -3.22. The molecule has 0 atom stereocenters. The van der Waals surface area contributed by atoms with Crippen molar-refractivity contribution >= 4 is 15.8 Å². The fourth-order valence-electron chi connectivity index (χ4n) is 2.57. The minimum Gasteiger partial charge on any atom is -0.481 e. The summed E-state index contributed by atoms with van der Waals surface area (Å²) in [6.07, 6.45) is 3.15. The first-order chi connectivity index (χ1) is 11.3. The van der Waals surface area contributed by atoms with Crippen LogP contribution in [0.2, 0.25) is 0 Å². The van der Waals surface area contributed by atoms with Crippen LogP contribution in [0.25, 0.3) is 0 Å². The predicted molar refractivity (Wildman–Crippen MR) is 89.1 cm³/mol. The van der Waals surface area contributed by atoms with E-state index in [9.17, 15) is 18.3 Å². The summed E-state index contributed by atoms with van der Waals surface area (Å²) in [6.45, 7) is 0. The van der Waals surface area contributed by atoms with Crippen molar-refractivity contribution in [3.05, 3.63) is 54.1 Å². The van der Waals surface area contributed by atoms with Crippen LogP contribution < -0.4 is 4.74 Å². The van der Waals surface area contributed by atoms with Crippen molar-refractivity contribution in [2.75, 3.05) is 6.26 Å². The number of sulfone groups is 1. The molecule has 0 spiro atoms. The molecule has 24 heavy (non-hydrogen) atoms. The fourth-order valence-corrected chi connectivity index (χ4v) is 3.20. The highest BCUT2D eigenvalue weighted by molar-refractivity contribution is 7.90. The zero-order valence-corrected chi connectivity index (χ0v) is 14.0. The molecule has 0 heterocycles. The van der Waals surface area contributed by atoms with Crippen LogP contribution in [0.1, 0.15) is 18.4 Å². The maximum atomic E-state index is 11.4. The third kappa shape index (κ3) is 3.59. The van der Waals surface area contributed by atoms with Crippen molar-refractivity contribution in [3.63, 3.8) is 0 Å². The van der Waals surface area contributed by atoms with Gasteiger partial charge in [-0.25, -0.2) is 8.42 Å². The Morgan fingerprint density at radius 3 is 1.96 bits per heavy atom. The highest BCUT2D eigenvalue weighted by Gasteiger charge is 2.49. The van der Waals surface area contributed by atoms with E-state index in [1.54, 1.807) is 24.3 Å². The molecule has 3 rings (SSSR count). The number of hydrogen-bond donors (Lipinski definition) is 1. The Hall–Kier alpha value is -2.34. The van der Waals surface area contributed by atoms with Crippen molar-refractivity contribution in [1.29, 1.82) is 0 Å². The van der Waals surface area contributed by atoms with E-state index in [1.165, 1.54) is 12.1 Å². The van der Waals surface area contributed by atoms with Crippen molar-refractivity contribution in [2.45, 2.75) is 24.2 Å². The van der Waals surface area contributed by atoms with Crippen LogP contribution >= 0.6 is 0 Å². The molecule has 0 aromatic heterocycles. The van der Waals surface area contributed by atoms with Crippen LogP contribution in [-0.4, -0.2) is 25.7 Å². The van der Waals surface area contributed by atoms with Crippen LogP contribution in [0.15, 0.2) is 53.4 Å². The van der Waals surface area contributed by atoms with Gasteiger partial charge in [0.05, 0.1) is 10.3 Å². The van der Waals surface area contributed by atoms with Gasteiger partial charge in [-0.05, 0) is 61.2 Å². The van der Waals surface area contributed by atoms with Gasteiger partial charge in [0.25, 0.3) is 0 Å². The molecule has 1 fully saturated rings. The van der Waals surface area contributed by atoms with Crippen molar-refractivity contribution in [2.24, 2.45) is 5.41 Å². The molecule has 6 heteroatoms. The Balaban J connectivity index is 1.67. The molecule has 2 aromatic rings. The zero-order valence-electron chi connectivity index (χ0n) is 13.2. The number of hydrogen-bond acceptors (Lipinski definition) is 4. The second kappa shape index (κ2) is 5.94. The topological polar surface area (TPSA) is 80.7 Å². The molecular weight excluding hydrogens is 328 g/mol. The normalized spacial score (nSPS) is 15.7. The summed E-state index contributed by atoms with van der Waals surface area (Å²) < 4.78 is 28.5. The first kappa shape index (κ1) is 16.5. The van der Waals surface area contributed by atoms with Gasteiger partial charge in [0.2, 0.25) is 0 Å². The second-order valence-corrected chi connectivity index (χ2v) is 8.27. The van der Waals surface area contributed by atoms with Crippen molar-refractivity contribution in [3.8, 4) is 11.5 Å². The highest BCUT2D eigenvalue weighted by atomic mass is 32.2. The number of carbonyl (C=O) groups is 1. The van der Waals surface area contributed by atoms with E-state index < -0.39 is 21.2 Å². The summed E-state index contributed by atoms with van der Waals surface area (Å²) >= 11 is 0. The van der Waals surface area contributed by atoms with Crippen LogP contribution in [0.4, 0.5) is 0 Å². The van der Waals surface area contributed by atoms with Crippen LogP contribution in [-0.2, 0) is 21.1 Å². The largest absolute Gasteiger partial charge is 0.481 e. The van der Waals surface area contributed by atoms with Crippen molar-refractivity contribution < 1.29 is 23.1 Å². The third-order valence-corrected chi connectivity index (χ3v) is 5.39. The van der Waals surface area contributed by atoms with Gasteiger partial charge >= 0.3 is 5.97 Å². The molecule has 0 amide bonds. The highest BCUT2D eigenvalue weighted by Crippen LogP contribution is 2.48. The summed E-state index contributed by atoms with van der Waals surface area (Å²) in [6, 6.07) is 13.5. The summed E-state index contributed by atoms with van der Waals surface area (Å²) in [5.74, 6) is 0.430. The standard InChI is InChI=1S/C18H18O5S/c1-24(21,22)16-8-6-15(7-9-16)23-14-4-2-13(3-5-14)12-18(10-11-18)17(19)20/h2-9H,10-12H2,1H3,(H,19,20). The number of ether oxygens (including phenoxy) is 1. The first-order valence-electron chi connectivity index (χ1n) is 7.59. The van der Waals surface area contributed by atoms with Gasteiger partial charge in [-0.3, -0.25) is 4.79 Å². The quantitative estimate of drug-likeness (QED) is 0.868. The lowest BCUT2D eigenvalue weighted by Crippen LogP contribution is -2.17. The van der Waals surface area contributed by atoms with Gasteiger partial charge in [0.15, 0.2) is 9.84 Å². The van der Waals surface area contributed by atoms with E-state index >= 15 is 0 Å². The predicted octanol–water partition coefficient (Wildman–Crippen LogP) is 3.29. The van der Waals surface area contributed by atoms with Gasteiger partial charge < -0.3 is 9.84 Å². The SMILES string of the molecule is CS(=O)(=O)c1ccc(Oc2ccc(CC3(C(=O)O)CC3)cc2)cc1.